The van der Waals surface area contributed by atoms with E-state index in [0.717, 1.165) is 87.8 Å². The molecule has 0 aliphatic carbocycles. The minimum absolute atomic E-state index is 0.146. The topological polar surface area (TPSA) is 83.5 Å². The van der Waals surface area contributed by atoms with Crippen LogP contribution < -0.4 is 10.2 Å². The third kappa shape index (κ3) is 6.22. The SMILES string of the molecule is CCN(c1cc(CN2CCOCC2)cc(C(=O)NCC2C(=O)N=C(C)C=C2C)c1C)C1CCOCC1. The highest BCUT2D eigenvalue weighted by Gasteiger charge is 2.27. The normalized spacial score (nSPS) is 21.7. The lowest BCUT2D eigenvalue weighted by molar-refractivity contribution is -0.120. The van der Waals surface area contributed by atoms with E-state index < -0.39 is 5.92 Å². The maximum atomic E-state index is 13.5. The van der Waals surface area contributed by atoms with Crippen LogP contribution in [-0.2, 0) is 20.8 Å². The first-order valence-electron chi connectivity index (χ1n) is 13.2. The van der Waals surface area contributed by atoms with Crippen molar-refractivity contribution in [2.45, 2.75) is 53.1 Å². The maximum absolute atomic E-state index is 13.5. The van der Waals surface area contributed by atoms with E-state index in [1.807, 2.05) is 32.9 Å². The van der Waals surface area contributed by atoms with Crippen molar-refractivity contribution in [3.05, 3.63) is 40.5 Å². The van der Waals surface area contributed by atoms with E-state index in [-0.39, 0.29) is 18.4 Å². The molecule has 1 N–H and O–H groups in total. The van der Waals surface area contributed by atoms with Gasteiger partial charge < -0.3 is 19.7 Å². The van der Waals surface area contributed by atoms with Gasteiger partial charge in [-0.3, -0.25) is 14.5 Å². The number of ether oxygens (including phenoxy) is 2. The summed E-state index contributed by atoms with van der Waals surface area (Å²) in [7, 11) is 0. The van der Waals surface area contributed by atoms with E-state index >= 15 is 0 Å². The molecule has 3 aliphatic rings. The molecule has 0 radical (unpaired) electrons. The van der Waals surface area contributed by atoms with Gasteiger partial charge in [0.05, 0.1) is 19.1 Å². The van der Waals surface area contributed by atoms with Crippen LogP contribution in [0.2, 0.25) is 0 Å². The van der Waals surface area contributed by atoms with Crippen LogP contribution in [0.4, 0.5) is 5.69 Å². The van der Waals surface area contributed by atoms with Gasteiger partial charge >= 0.3 is 0 Å². The zero-order chi connectivity index (χ0) is 25.7. The van der Waals surface area contributed by atoms with E-state index in [4.69, 9.17) is 9.47 Å². The summed E-state index contributed by atoms with van der Waals surface area (Å²) < 4.78 is 11.1. The van der Waals surface area contributed by atoms with Crippen LogP contribution in [0, 0.1) is 12.8 Å². The molecule has 1 aromatic rings. The first-order chi connectivity index (χ1) is 17.4. The predicted octanol–water partition coefficient (Wildman–Crippen LogP) is 3.13. The molecule has 36 heavy (non-hydrogen) atoms. The second kappa shape index (κ2) is 12.1. The highest BCUT2D eigenvalue weighted by Crippen LogP contribution is 2.31. The van der Waals surface area contributed by atoms with Crippen LogP contribution in [0.3, 0.4) is 0 Å². The summed E-state index contributed by atoms with van der Waals surface area (Å²) in [4.78, 5) is 34.9. The van der Waals surface area contributed by atoms with Crippen molar-refractivity contribution in [2.75, 3.05) is 57.5 Å². The Balaban J connectivity index is 1.60. The Kier molecular flexibility index (Phi) is 8.93. The fourth-order valence-corrected chi connectivity index (χ4v) is 5.47. The van der Waals surface area contributed by atoms with Crippen LogP contribution in [-0.4, -0.2) is 81.1 Å². The van der Waals surface area contributed by atoms with Crippen LogP contribution in [0.5, 0.6) is 0 Å². The summed E-state index contributed by atoms with van der Waals surface area (Å²) in [6.07, 6.45) is 3.88. The lowest BCUT2D eigenvalue weighted by Gasteiger charge is -2.37. The number of aliphatic imine (C=N–C) groups is 1. The molecule has 2 fully saturated rings. The molecule has 0 spiro atoms. The van der Waals surface area contributed by atoms with Crippen molar-refractivity contribution in [1.29, 1.82) is 0 Å². The van der Waals surface area contributed by atoms with Crippen molar-refractivity contribution >= 4 is 23.2 Å². The molecule has 8 nitrogen and oxygen atoms in total. The highest BCUT2D eigenvalue weighted by atomic mass is 16.5. The predicted molar refractivity (Wildman–Crippen MR) is 142 cm³/mol. The van der Waals surface area contributed by atoms with Gasteiger partial charge in [0.15, 0.2) is 0 Å². The molecule has 3 aliphatic heterocycles. The number of carbonyl (C=O) groups excluding carboxylic acids is 2. The summed E-state index contributed by atoms with van der Waals surface area (Å²) >= 11 is 0. The molecule has 0 aromatic heterocycles. The Bertz CT molecular complexity index is 1020. The van der Waals surface area contributed by atoms with Gasteiger partial charge in [0, 0.05) is 68.9 Å². The first kappa shape index (κ1) is 26.5. The van der Waals surface area contributed by atoms with Crippen LogP contribution in [0.25, 0.3) is 0 Å². The molecule has 0 bridgehead atoms. The van der Waals surface area contributed by atoms with E-state index in [9.17, 15) is 9.59 Å². The number of nitrogens with one attached hydrogen (secondary N) is 1. The average Bonchev–Trinajstić information content (AvgIpc) is 2.86. The summed E-state index contributed by atoms with van der Waals surface area (Å²) in [6.45, 7) is 14.6. The minimum atomic E-state index is -0.414. The first-order valence-corrected chi connectivity index (χ1v) is 13.2. The summed E-state index contributed by atoms with van der Waals surface area (Å²) in [5.41, 5.74) is 5.53. The van der Waals surface area contributed by atoms with Crippen LogP contribution >= 0.6 is 0 Å². The lowest BCUT2D eigenvalue weighted by atomic mass is 9.95. The summed E-state index contributed by atoms with van der Waals surface area (Å²) in [6, 6.07) is 4.68. The molecule has 2 amide bonds. The lowest BCUT2D eigenvalue weighted by Crippen LogP contribution is -2.40. The van der Waals surface area contributed by atoms with Crippen molar-refractivity contribution in [3.8, 4) is 0 Å². The third-order valence-electron chi connectivity index (χ3n) is 7.51. The van der Waals surface area contributed by atoms with Crippen LogP contribution in [0.15, 0.2) is 28.8 Å². The molecule has 3 heterocycles. The zero-order valence-electron chi connectivity index (χ0n) is 22.1. The minimum Gasteiger partial charge on any atom is -0.381 e. The third-order valence-corrected chi connectivity index (χ3v) is 7.51. The van der Waals surface area contributed by atoms with Crippen LogP contribution in [0.1, 0.15) is 55.1 Å². The number of rotatable bonds is 8. The van der Waals surface area contributed by atoms with Gasteiger partial charge in [0.2, 0.25) is 0 Å². The average molecular weight is 497 g/mol. The molecule has 2 saturated heterocycles. The Morgan fingerprint density at radius 3 is 2.47 bits per heavy atom. The summed E-state index contributed by atoms with van der Waals surface area (Å²) in [5, 5.41) is 3.04. The molecule has 1 aromatic carbocycles. The molecule has 8 heteroatoms. The number of nitrogens with zero attached hydrogens (tertiary/aromatic N) is 3. The number of dihydropyridines is 1. The van der Waals surface area contributed by atoms with Gasteiger partial charge in [-0.1, -0.05) is 5.57 Å². The van der Waals surface area contributed by atoms with Gasteiger partial charge in [-0.2, -0.15) is 0 Å². The second-order valence-corrected chi connectivity index (χ2v) is 10.0. The monoisotopic (exact) mass is 496 g/mol. The fraction of sp³-hybridized carbons (Fsp3) is 0.607. The number of carbonyl (C=O) groups is 2. The summed E-state index contributed by atoms with van der Waals surface area (Å²) in [5.74, 6) is -0.751. The van der Waals surface area contributed by atoms with Gasteiger partial charge in [-0.05, 0) is 69.9 Å². The van der Waals surface area contributed by atoms with Gasteiger partial charge in [0.1, 0.15) is 0 Å². The molecular formula is C28H40N4O4. The number of hydrogen-bond donors (Lipinski definition) is 1. The number of hydrogen-bond acceptors (Lipinski definition) is 6. The quantitative estimate of drug-likeness (QED) is 0.596. The Morgan fingerprint density at radius 1 is 1.11 bits per heavy atom. The zero-order valence-corrected chi connectivity index (χ0v) is 22.1. The van der Waals surface area contributed by atoms with Crippen molar-refractivity contribution < 1.29 is 19.1 Å². The standard InChI is InChI=1S/C28H40N4O4/c1-5-32(23-6-10-35-11-7-23)26-16-22(18-31-8-12-36-13-9-31)15-24(21(26)4)27(33)29-17-25-19(2)14-20(3)30-28(25)34/h14-16,23,25H,5-13,17-18H2,1-4H3,(H,29,33). The molecule has 196 valence electrons. The van der Waals surface area contributed by atoms with E-state index in [0.29, 0.717) is 17.3 Å². The van der Waals surface area contributed by atoms with Crippen molar-refractivity contribution in [1.82, 2.24) is 10.2 Å². The molecular weight excluding hydrogens is 456 g/mol. The maximum Gasteiger partial charge on any atom is 0.254 e. The van der Waals surface area contributed by atoms with Gasteiger partial charge in [-0.25, -0.2) is 4.99 Å². The fourth-order valence-electron chi connectivity index (χ4n) is 5.47. The van der Waals surface area contributed by atoms with E-state index in [1.54, 1.807) is 0 Å². The number of allylic oxidation sites excluding steroid dienone is 1. The van der Waals surface area contributed by atoms with Gasteiger partial charge in [0.25, 0.3) is 11.8 Å². The number of morpholine rings is 1. The Labute approximate surface area is 214 Å². The molecule has 4 rings (SSSR count). The van der Waals surface area contributed by atoms with Gasteiger partial charge in [-0.15, -0.1) is 0 Å². The Hall–Kier alpha value is -2.55. The Morgan fingerprint density at radius 2 is 1.81 bits per heavy atom. The second-order valence-electron chi connectivity index (χ2n) is 10.0. The highest BCUT2D eigenvalue weighted by molar-refractivity contribution is 6.06. The number of amides is 2. The largest absolute Gasteiger partial charge is 0.381 e. The smallest absolute Gasteiger partial charge is 0.254 e. The van der Waals surface area contributed by atoms with Crippen molar-refractivity contribution in [3.63, 3.8) is 0 Å². The number of benzene rings is 1. The molecule has 1 atom stereocenters. The van der Waals surface area contributed by atoms with E-state index in [2.05, 4.69) is 33.1 Å². The van der Waals surface area contributed by atoms with E-state index in [1.165, 1.54) is 0 Å². The molecule has 1 unspecified atom stereocenters. The van der Waals surface area contributed by atoms with Crippen molar-refractivity contribution in [2.24, 2.45) is 10.9 Å². The molecule has 0 saturated carbocycles. The number of anilines is 1.